The zero-order chi connectivity index (χ0) is 35.5. The SMILES string of the molecule is COc1ccc(CN(Cc2nc3cc(Cl)c(Cl)cc3n2COCC[Si](C)(C)C)c2nc(N3CCOCC3)nc3c(-c4ccnnc4)cnn23)cc1. The number of methoxy groups -OCH3 is 1. The fraction of sp³-hybridized carbons (Fsp3) is 0.371. The lowest BCUT2D eigenvalue weighted by atomic mass is 10.2. The highest BCUT2D eigenvalue weighted by Gasteiger charge is 2.25. The third-order valence-electron chi connectivity index (χ3n) is 8.76. The summed E-state index contributed by atoms with van der Waals surface area (Å²) >= 11 is 13.0. The Morgan fingerprint density at radius 1 is 0.922 bits per heavy atom. The highest BCUT2D eigenvalue weighted by molar-refractivity contribution is 6.76. The molecule has 0 atom stereocenters. The lowest BCUT2D eigenvalue weighted by Crippen LogP contribution is -2.38. The molecule has 4 aromatic heterocycles. The van der Waals surface area contributed by atoms with Crippen LogP contribution in [0.25, 0.3) is 27.8 Å². The second-order valence-corrected chi connectivity index (χ2v) is 20.0. The van der Waals surface area contributed by atoms with E-state index in [-0.39, 0.29) is 0 Å². The largest absolute Gasteiger partial charge is 0.497 e. The van der Waals surface area contributed by atoms with Gasteiger partial charge in [-0.05, 0) is 41.9 Å². The summed E-state index contributed by atoms with van der Waals surface area (Å²) in [4.78, 5) is 19.7. The van der Waals surface area contributed by atoms with Gasteiger partial charge in [0.05, 0.1) is 66.5 Å². The van der Waals surface area contributed by atoms with E-state index in [1.165, 1.54) is 0 Å². The Morgan fingerprint density at radius 2 is 1.71 bits per heavy atom. The fourth-order valence-corrected chi connectivity index (χ4v) is 6.98. The van der Waals surface area contributed by atoms with E-state index >= 15 is 0 Å². The third kappa shape index (κ3) is 7.94. The molecule has 0 amide bonds. The van der Waals surface area contributed by atoms with Gasteiger partial charge in [-0.3, -0.25) is 0 Å². The molecule has 0 bridgehead atoms. The van der Waals surface area contributed by atoms with Gasteiger partial charge in [-0.15, -0.1) is 0 Å². The summed E-state index contributed by atoms with van der Waals surface area (Å²) in [5, 5.41) is 13.8. The van der Waals surface area contributed by atoms with Crippen LogP contribution in [0.15, 0.2) is 61.1 Å². The number of anilines is 2. The zero-order valence-corrected chi connectivity index (χ0v) is 31.6. The van der Waals surface area contributed by atoms with Gasteiger partial charge in [0, 0.05) is 45.4 Å². The van der Waals surface area contributed by atoms with E-state index in [4.69, 9.17) is 57.5 Å². The van der Waals surface area contributed by atoms with Crippen molar-refractivity contribution in [3.8, 4) is 16.9 Å². The molecule has 51 heavy (non-hydrogen) atoms. The van der Waals surface area contributed by atoms with Crippen LogP contribution in [-0.2, 0) is 29.3 Å². The highest BCUT2D eigenvalue weighted by Crippen LogP contribution is 2.32. The summed E-state index contributed by atoms with van der Waals surface area (Å²) in [5.41, 5.74) is 4.93. The van der Waals surface area contributed by atoms with Gasteiger partial charge >= 0.3 is 0 Å². The minimum absolute atomic E-state index is 0.309. The fourth-order valence-electron chi connectivity index (χ4n) is 5.90. The molecule has 0 saturated carbocycles. The average Bonchev–Trinajstić information content (AvgIpc) is 3.71. The van der Waals surface area contributed by atoms with E-state index in [9.17, 15) is 0 Å². The first-order chi connectivity index (χ1) is 24.7. The number of aromatic nitrogens is 8. The minimum Gasteiger partial charge on any atom is -0.497 e. The van der Waals surface area contributed by atoms with Gasteiger partial charge in [-0.2, -0.15) is 29.8 Å². The number of morpholine rings is 1. The number of imidazole rings is 1. The molecule has 1 aliphatic heterocycles. The van der Waals surface area contributed by atoms with E-state index in [1.54, 1.807) is 36.3 Å². The van der Waals surface area contributed by atoms with Gasteiger partial charge in [0.2, 0.25) is 11.9 Å². The van der Waals surface area contributed by atoms with E-state index in [0.717, 1.165) is 45.3 Å². The van der Waals surface area contributed by atoms with Crippen LogP contribution in [0.4, 0.5) is 11.9 Å². The van der Waals surface area contributed by atoms with Gasteiger partial charge in [0.15, 0.2) is 5.65 Å². The molecule has 0 N–H and O–H groups in total. The van der Waals surface area contributed by atoms with Crippen molar-refractivity contribution in [3.05, 3.63) is 82.5 Å². The van der Waals surface area contributed by atoms with E-state index in [2.05, 4.69) is 44.2 Å². The van der Waals surface area contributed by atoms with Crippen molar-refractivity contribution in [2.45, 2.75) is 45.5 Å². The first-order valence-electron chi connectivity index (χ1n) is 16.8. The molecule has 0 spiro atoms. The van der Waals surface area contributed by atoms with Crippen molar-refractivity contribution in [3.63, 3.8) is 0 Å². The number of halogens is 2. The molecule has 1 aliphatic rings. The second-order valence-electron chi connectivity index (χ2n) is 13.6. The van der Waals surface area contributed by atoms with E-state index in [1.807, 2.05) is 36.4 Å². The summed E-state index contributed by atoms with van der Waals surface area (Å²) < 4.78 is 21.3. The van der Waals surface area contributed by atoms with Crippen LogP contribution in [0, 0.1) is 0 Å². The quantitative estimate of drug-likeness (QED) is 0.0939. The third-order valence-corrected chi connectivity index (χ3v) is 11.2. The van der Waals surface area contributed by atoms with Gasteiger partial charge in [-0.25, -0.2) is 4.98 Å². The smallest absolute Gasteiger partial charge is 0.232 e. The number of hydrogen-bond acceptors (Lipinski definition) is 11. The Kier molecular flexibility index (Phi) is 10.4. The highest BCUT2D eigenvalue weighted by atomic mass is 35.5. The minimum atomic E-state index is -1.30. The maximum absolute atomic E-state index is 6.55. The van der Waals surface area contributed by atoms with Crippen LogP contribution in [0.5, 0.6) is 5.75 Å². The number of hydrogen-bond donors (Lipinski definition) is 0. The summed E-state index contributed by atoms with van der Waals surface area (Å²) in [6.07, 6.45) is 5.17. The Labute approximate surface area is 307 Å². The Hall–Kier alpha value is -4.34. The molecule has 1 saturated heterocycles. The molecule has 1 fully saturated rings. The first kappa shape index (κ1) is 35.1. The molecule has 266 valence electrons. The van der Waals surface area contributed by atoms with E-state index in [0.29, 0.717) is 80.3 Å². The van der Waals surface area contributed by atoms with Gasteiger partial charge in [-0.1, -0.05) is 55.0 Å². The predicted octanol–water partition coefficient (Wildman–Crippen LogP) is 6.60. The van der Waals surface area contributed by atoms with E-state index < -0.39 is 8.07 Å². The van der Waals surface area contributed by atoms with Crippen molar-refractivity contribution >= 4 is 59.9 Å². The average molecular weight is 748 g/mol. The lowest BCUT2D eigenvalue weighted by Gasteiger charge is -2.29. The maximum Gasteiger partial charge on any atom is 0.232 e. The molecule has 2 aromatic carbocycles. The van der Waals surface area contributed by atoms with Crippen LogP contribution < -0.4 is 14.5 Å². The standard InChI is InChI=1S/C35H40Cl2N10O3Si/c1-48-26-7-5-24(6-8-26)21-45(22-32-41-30-17-28(36)29(37)18-31(30)46(32)23-50-15-16-51(2,3)4)35-43-34(44-11-13-49-14-12-44)42-33-27(20-40-47(33)35)25-9-10-38-39-19-25/h5-10,17-20H,11-16,21-23H2,1-4H3. The molecule has 0 unspecified atom stereocenters. The Morgan fingerprint density at radius 3 is 2.43 bits per heavy atom. The molecule has 7 rings (SSSR count). The number of fused-ring (bicyclic) bond motifs is 2. The number of benzene rings is 2. The molecule has 13 nitrogen and oxygen atoms in total. The van der Waals surface area contributed by atoms with Gasteiger partial charge < -0.3 is 28.6 Å². The monoisotopic (exact) mass is 746 g/mol. The number of rotatable bonds is 13. The molecule has 0 radical (unpaired) electrons. The van der Waals surface area contributed by atoms with Crippen LogP contribution in [-0.4, -0.2) is 87.4 Å². The molecular weight excluding hydrogens is 707 g/mol. The van der Waals surface area contributed by atoms with Crippen molar-refractivity contribution in [1.82, 2.24) is 39.3 Å². The summed E-state index contributed by atoms with van der Waals surface area (Å²) in [6.45, 7) is 11.3. The zero-order valence-electron chi connectivity index (χ0n) is 29.1. The van der Waals surface area contributed by atoms with Gasteiger partial charge in [0.25, 0.3) is 0 Å². The normalized spacial score (nSPS) is 13.7. The van der Waals surface area contributed by atoms with Gasteiger partial charge in [0.1, 0.15) is 18.3 Å². The Bertz CT molecular complexity index is 2120. The topological polar surface area (TPSA) is 121 Å². The molecular formula is C35H40Cl2N10O3Si. The molecule has 5 heterocycles. The predicted molar refractivity (Wildman–Crippen MR) is 202 cm³/mol. The van der Waals surface area contributed by atoms with Crippen molar-refractivity contribution in [2.24, 2.45) is 0 Å². The van der Waals surface area contributed by atoms with Crippen molar-refractivity contribution < 1.29 is 14.2 Å². The van der Waals surface area contributed by atoms with Crippen LogP contribution >= 0.6 is 23.2 Å². The molecule has 16 heteroatoms. The first-order valence-corrected chi connectivity index (χ1v) is 21.3. The number of nitrogens with zero attached hydrogens (tertiary/aromatic N) is 10. The maximum atomic E-state index is 6.55. The number of ether oxygens (including phenoxy) is 3. The van der Waals surface area contributed by atoms with Crippen molar-refractivity contribution in [1.29, 1.82) is 0 Å². The summed E-state index contributed by atoms with van der Waals surface area (Å²) in [7, 11) is 0.360. The Balaban J connectivity index is 1.36. The summed E-state index contributed by atoms with van der Waals surface area (Å²) in [6, 6.07) is 14.6. The molecule has 0 aliphatic carbocycles. The van der Waals surface area contributed by atoms with Crippen LogP contribution in [0.1, 0.15) is 11.4 Å². The van der Waals surface area contributed by atoms with Crippen LogP contribution in [0.2, 0.25) is 35.7 Å². The second kappa shape index (κ2) is 15.1. The van der Waals surface area contributed by atoms with Crippen LogP contribution in [0.3, 0.4) is 0 Å². The summed E-state index contributed by atoms with van der Waals surface area (Å²) in [5.74, 6) is 2.72. The lowest BCUT2D eigenvalue weighted by molar-refractivity contribution is 0.0878. The molecule has 6 aromatic rings. The van der Waals surface area contributed by atoms with Crippen molar-refractivity contribution in [2.75, 3.05) is 49.8 Å².